The predicted molar refractivity (Wildman–Crippen MR) is 122 cm³/mol. The van der Waals surface area contributed by atoms with Gasteiger partial charge in [-0.05, 0) is 73.2 Å². The van der Waals surface area contributed by atoms with E-state index in [4.69, 9.17) is 9.47 Å². The number of rotatable bonds is 3. The van der Waals surface area contributed by atoms with Crippen LogP contribution in [0, 0.1) is 0 Å². The van der Waals surface area contributed by atoms with Crippen molar-refractivity contribution in [2.24, 2.45) is 0 Å². The topological polar surface area (TPSA) is 58.7 Å². The van der Waals surface area contributed by atoms with E-state index in [1.165, 1.54) is 42.6 Å². The number of hydrogen-bond acceptors (Lipinski definition) is 6. The first-order valence-corrected chi connectivity index (χ1v) is 11.6. The molecule has 0 spiro atoms. The third-order valence-corrected chi connectivity index (χ3v) is 7.27. The van der Waals surface area contributed by atoms with Crippen molar-refractivity contribution in [2.75, 3.05) is 44.7 Å². The molecule has 5 heterocycles. The number of nitrogens with one attached hydrogen (secondary N) is 2. The van der Waals surface area contributed by atoms with E-state index in [0.29, 0.717) is 19.1 Å². The van der Waals surface area contributed by atoms with Crippen LogP contribution >= 0.6 is 0 Å². The summed E-state index contributed by atoms with van der Waals surface area (Å²) in [5.41, 5.74) is 6.14. The molecule has 4 aliphatic rings. The van der Waals surface area contributed by atoms with Gasteiger partial charge in [0, 0.05) is 30.9 Å². The molecule has 0 unspecified atom stereocenters. The second kappa shape index (κ2) is 8.26. The van der Waals surface area contributed by atoms with E-state index in [0.717, 1.165) is 55.0 Å². The van der Waals surface area contributed by atoms with Crippen molar-refractivity contribution in [3.05, 3.63) is 53.2 Å². The molecule has 0 amide bonds. The fourth-order valence-corrected chi connectivity index (χ4v) is 5.25. The number of ether oxygens (including phenoxy) is 2. The van der Waals surface area contributed by atoms with Crippen molar-refractivity contribution in [1.82, 2.24) is 15.2 Å². The molecule has 0 aliphatic carbocycles. The SMILES string of the molecule is C1=C(c2ccnc3c2COc2ccc(C4CCN(C5CNC5)CC4)cc2N3)CCOC1. The third-order valence-electron chi connectivity index (χ3n) is 7.27. The summed E-state index contributed by atoms with van der Waals surface area (Å²) in [4.78, 5) is 7.32. The number of piperidine rings is 1. The number of aromatic nitrogens is 1. The molecule has 0 atom stereocenters. The summed E-state index contributed by atoms with van der Waals surface area (Å²) in [6, 6.07) is 9.55. The lowest BCUT2D eigenvalue weighted by Crippen LogP contribution is -2.58. The van der Waals surface area contributed by atoms with Crippen molar-refractivity contribution in [1.29, 1.82) is 0 Å². The predicted octanol–water partition coefficient (Wildman–Crippen LogP) is 3.67. The van der Waals surface area contributed by atoms with Gasteiger partial charge >= 0.3 is 0 Å². The first-order valence-electron chi connectivity index (χ1n) is 11.6. The smallest absolute Gasteiger partial charge is 0.143 e. The van der Waals surface area contributed by atoms with E-state index >= 15 is 0 Å². The van der Waals surface area contributed by atoms with Crippen LogP contribution in [-0.2, 0) is 11.3 Å². The van der Waals surface area contributed by atoms with Crippen LogP contribution in [0.3, 0.4) is 0 Å². The highest BCUT2D eigenvalue weighted by Gasteiger charge is 2.29. The molecule has 2 aromatic rings. The molecule has 31 heavy (non-hydrogen) atoms. The zero-order chi connectivity index (χ0) is 20.6. The van der Waals surface area contributed by atoms with Crippen LogP contribution in [0.1, 0.15) is 41.9 Å². The highest BCUT2D eigenvalue weighted by Crippen LogP contribution is 2.39. The van der Waals surface area contributed by atoms with Crippen molar-refractivity contribution < 1.29 is 9.47 Å². The Kier molecular flexibility index (Phi) is 5.14. The van der Waals surface area contributed by atoms with Crippen LogP contribution in [0.25, 0.3) is 5.57 Å². The molecule has 1 aromatic heterocycles. The summed E-state index contributed by atoms with van der Waals surface area (Å²) >= 11 is 0. The Labute approximate surface area is 183 Å². The lowest BCUT2D eigenvalue weighted by Gasteiger charge is -2.42. The number of nitrogens with zero attached hydrogens (tertiary/aromatic N) is 2. The molecular formula is C25H30N4O2. The molecule has 6 rings (SSSR count). The zero-order valence-electron chi connectivity index (χ0n) is 17.9. The van der Waals surface area contributed by atoms with Crippen LogP contribution in [0.2, 0.25) is 0 Å². The minimum absolute atomic E-state index is 0.532. The van der Waals surface area contributed by atoms with Gasteiger partial charge in [-0.25, -0.2) is 4.98 Å². The van der Waals surface area contributed by atoms with Gasteiger partial charge in [0.1, 0.15) is 18.2 Å². The van der Waals surface area contributed by atoms with Gasteiger partial charge in [-0.15, -0.1) is 0 Å². The van der Waals surface area contributed by atoms with Gasteiger partial charge in [-0.2, -0.15) is 0 Å². The van der Waals surface area contributed by atoms with E-state index in [2.05, 4.69) is 50.9 Å². The Hall–Kier alpha value is -2.41. The van der Waals surface area contributed by atoms with Crippen LogP contribution < -0.4 is 15.4 Å². The van der Waals surface area contributed by atoms with Gasteiger partial charge in [0.2, 0.25) is 0 Å². The highest BCUT2D eigenvalue weighted by molar-refractivity contribution is 5.76. The average molecular weight is 419 g/mol. The van der Waals surface area contributed by atoms with Crippen LogP contribution in [0.5, 0.6) is 5.75 Å². The van der Waals surface area contributed by atoms with E-state index in [1.807, 2.05) is 6.20 Å². The van der Waals surface area contributed by atoms with E-state index in [9.17, 15) is 0 Å². The van der Waals surface area contributed by atoms with Crippen molar-refractivity contribution >= 4 is 17.1 Å². The lowest BCUT2D eigenvalue weighted by atomic mass is 9.88. The molecule has 0 saturated carbocycles. The third kappa shape index (κ3) is 3.73. The minimum Gasteiger partial charge on any atom is -0.487 e. The molecule has 2 N–H and O–H groups in total. The maximum Gasteiger partial charge on any atom is 0.143 e. The maximum atomic E-state index is 6.24. The Bertz CT molecular complexity index is 993. The summed E-state index contributed by atoms with van der Waals surface area (Å²) < 4.78 is 11.7. The largest absolute Gasteiger partial charge is 0.487 e. The molecular weight excluding hydrogens is 388 g/mol. The van der Waals surface area contributed by atoms with Crippen molar-refractivity contribution in [3.63, 3.8) is 0 Å². The van der Waals surface area contributed by atoms with Gasteiger partial charge in [0.15, 0.2) is 0 Å². The second-order valence-electron chi connectivity index (χ2n) is 9.03. The summed E-state index contributed by atoms with van der Waals surface area (Å²) in [5, 5.41) is 6.99. The van der Waals surface area contributed by atoms with Gasteiger partial charge in [0.25, 0.3) is 0 Å². The monoisotopic (exact) mass is 418 g/mol. The normalized spacial score (nSPS) is 22.3. The Morgan fingerprint density at radius 1 is 1.10 bits per heavy atom. The van der Waals surface area contributed by atoms with Crippen molar-refractivity contribution in [3.8, 4) is 5.75 Å². The van der Waals surface area contributed by atoms with Crippen LogP contribution in [0.4, 0.5) is 11.5 Å². The maximum absolute atomic E-state index is 6.24. The average Bonchev–Trinajstić information content (AvgIpc) is 2.97. The number of pyridine rings is 1. The summed E-state index contributed by atoms with van der Waals surface area (Å²) in [6.07, 6.45) is 7.47. The summed E-state index contributed by atoms with van der Waals surface area (Å²) in [7, 11) is 0. The quantitative estimate of drug-likeness (QED) is 0.793. The Balaban J connectivity index is 1.23. The molecule has 0 radical (unpaired) electrons. The van der Waals surface area contributed by atoms with E-state index in [-0.39, 0.29) is 0 Å². The van der Waals surface area contributed by atoms with Crippen LogP contribution in [-0.4, -0.2) is 55.3 Å². The first-order chi connectivity index (χ1) is 15.3. The Morgan fingerprint density at radius 3 is 2.77 bits per heavy atom. The van der Waals surface area contributed by atoms with Gasteiger partial charge in [0.05, 0.1) is 18.9 Å². The standard InChI is InChI=1S/C25H30N4O2/c1-2-24-23(13-19(1)17-4-9-29(10-5-17)20-14-26-15-20)28-25-22(16-31-24)21(3-8-27-25)18-6-11-30-12-7-18/h1-3,6,8,13,17,20,26H,4-5,7,9-12,14-16H2,(H,27,28). The van der Waals surface area contributed by atoms with Crippen molar-refractivity contribution in [2.45, 2.75) is 37.8 Å². The number of fused-ring (bicyclic) bond motifs is 2. The van der Waals surface area contributed by atoms with Gasteiger partial charge < -0.3 is 20.1 Å². The summed E-state index contributed by atoms with van der Waals surface area (Å²) in [6.45, 7) is 6.70. The minimum atomic E-state index is 0.532. The van der Waals surface area contributed by atoms with Gasteiger partial charge in [-0.1, -0.05) is 12.1 Å². The number of likely N-dealkylation sites (tertiary alicyclic amines) is 1. The molecule has 1 aromatic carbocycles. The fraction of sp³-hybridized carbons (Fsp3) is 0.480. The Morgan fingerprint density at radius 2 is 2.00 bits per heavy atom. The van der Waals surface area contributed by atoms with E-state index < -0.39 is 0 Å². The first kappa shape index (κ1) is 19.3. The molecule has 2 saturated heterocycles. The van der Waals surface area contributed by atoms with Gasteiger partial charge in [-0.3, -0.25) is 4.90 Å². The molecule has 4 aliphatic heterocycles. The highest BCUT2D eigenvalue weighted by atomic mass is 16.5. The molecule has 0 bridgehead atoms. The second-order valence-corrected chi connectivity index (χ2v) is 9.03. The van der Waals surface area contributed by atoms with E-state index in [1.54, 1.807) is 0 Å². The number of benzene rings is 1. The zero-order valence-corrected chi connectivity index (χ0v) is 17.9. The number of hydrogen-bond donors (Lipinski definition) is 2. The molecule has 6 nitrogen and oxygen atoms in total. The molecule has 6 heteroatoms. The lowest BCUT2D eigenvalue weighted by molar-refractivity contribution is 0.113. The summed E-state index contributed by atoms with van der Waals surface area (Å²) in [5.74, 6) is 2.44. The number of anilines is 2. The van der Waals surface area contributed by atoms with Crippen LogP contribution in [0.15, 0.2) is 36.5 Å². The molecule has 2 fully saturated rings. The fourth-order valence-electron chi connectivity index (χ4n) is 5.25. The molecule has 162 valence electrons.